The zero-order valence-corrected chi connectivity index (χ0v) is 14.7. The molecule has 4 aromatic heterocycles. The minimum atomic E-state index is -1.45. The summed E-state index contributed by atoms with van der Waals surface area (Å²) < 4.78 is 6.88. The van der Waals surface area contributed by atoms with E-state index in [4.69, 9.17) is 10.3 Å². The maximum atomic E-state index is 10.5. The molecule has 8 nitrogen and oxygen atoms in total. The van der Waals surface area contributed by atoms with E-state index in [0.717, 1.165) is 11.1 Å². The maximum Gasteiger partial charge on any atom is 0.221 e. The molecule has 4 rings (SSSR count). The Bertz CT molecular complexity index is 1200. The van der Waals surface area contributed by atoms with Crippen LogP contribution in [0.2, 0.25) is 0 Å². The topological polar surface area (TPSA) is 116 Å². The lowest BCUT2D eigenvalue weighted by molar-refractivity contribution is 0.112. The highest BCUT2D eigenvalue weighted by Crippen LogP contribution is 2.20. The summed E-state index contributed by atoms with van der Waals surface area (Å²) >= 11 is 0. The molecule has 1 unspecified atom stereocenters. The van der Waals surface area contributed by atoms with Crippen molar-refractivity contribution in [2.45, 2.75) is 19.4 Å². The number of aliphatic hydroxyl groups is 1. The molecule has 134 valence electrons. The van der Waals surface area contributed by atoms with Crippen LogP contribution < -0.4 is 5.73 Å². The van der Waals surface area contributed by atoms with Gasteiger partial charge in [0.2, 0.25) is 5.95 Å². The number of nitrogens with two attached hydrogens (primary N) is 1. The number of hydrogen-bond donors (Lipinski definition) is 2. The number of aromatic nitrogens is 5. The third-order valence-corrected chi connectivity index (χ3v) is 4.03. The lowest BCUT2D eigenvalue weighted by Gasteiger charge is -2.11. The second kappa shape index (κ2) is 6.23. The normalized spacial score (nSPS) is 13.1. The van der Waals surface area contributed by atoms with E-state index < -0.39 is 5.60 Å². The smallest absolute Gasteiger partial charge is 0.221 e. The van der Waals surface area contributed by atoms with Crippen molar-refractivity contribution >= 4 is 17.0 Å². The van der Waals surface area contributed by atoms with Gasteiger partial charge in [0.1, 0.15) is 22.8 Å². The van der Waals surface area contributed by atoms with Crippen molar-refractivity contribution < 1.29 is 9.63 Å². The average Bonchev–Trinajstić information content (AvgIpc) is 3.27. The molecule has 0 saturated carbocycles. The van der Waals surface area contributed by atoms with Crippen LogP contribution in [0.25, 0.3) is 16.7 Å². The molecule has 27 heavy (non-hydrogen) atoms. The second-order valence-electron chi connectivity index (χ2n) is 6.24. The Balaban J connectivity index is 1.70. The van der Waals surface area contributed by atoms with Gasteiger partial charge in [0.25, 0.3) is 0 Å². The van der Waals surface area contributed by atoms with E-state index in [2.05, 4.69) is 31.9 Å². The van der Waals surface area contributed by atoms with Crippen LogP contribution in [-0.2, 0) is 5.60 Å². The number of rotatable bonds is 2. The predicted octanol–water partition coefficient (Wildman–Crippen LogP) is 1.95. The van der Waals surface area contributed by atoms with Crippen molar-refractivity contribution in [2.75, 3.05) is 5.73 Å². The van der Waals surface area contributed by atoms with Gasteiger partial charge in [-0.1, -0.05) is 11.1 Å². The fourth-order valence-electron chi connectivity index (χ4n) is 2.62. The van der Waals surface area contributed by atoms with Gasteiger partial charge in [-0.2, -0.15) is 4.98 Å². The number of anilines is 1. The Morgan fingerprint density at radius 3 is 2.89 bits per heavy atom. The quantitative estimate of drug-likeness (QED) is 0.525. The highest BCUT2D eigenvalue weighted by molar-refractivity contribution is 5.78. The van der Waals surface area contributed by atoms with Crippen molar-refractivity contribution in [2.24, 2.45) is 0 Å². The summed E-state index contributed by atoms with van der Waals surface area (Å²) in [7, 11) is 0. The highest BCUT2D eigenvalue weighted by atomic mass is 16.5. The first kappa shape index (κ1) is 16.8. The second-order valence-corrected chi connectivity index (χ2v) is 6.24. The first-order valence-corrected chi connectivity index (χ1v) is 8.18. The number of fused-ring (bicyclic) bond motifs is 1. The lowest BCUT2D eigenvalue weighted by Crippen LogP contribution is -2.18. The first-order chi connectivity index (χ1) is 12.9. The molecular formula is C19H16N6O2. The van der Waals surface area contributed by atoms with Crippen LogP contribution in [0.3, 0.4) is 0 Å². The minimum absolute atomic E-state index is 0.204. The Morgan fingerprint density at radius 1 is 1.26 bits per heavy atom. The van der Waals surface area contributed by atoms with E-state index in [1.54, 1.807) is 38.4 Å². The van der Waals surface area contributed by atoms with Crippen LogP contribution in [-0.4, -0.2) is 29.8 Å². The molecule has 4 aromatic rings. The lowest BCUT2D eigenvalue weighted by atomic mass is 10.0. The highest BCUT2D eigenvalue weighted by Gasteiger charge is 2.24. The molecule has 0 aliphatic carbocycles. The van der Waals surface area contributed by atoms with E-state index in [0.29, 0.717) is 22.8 Å². The standard InChI is InChI=1S/C19H16N6O2/c1-12-9-16(24-27-12)19(2,26)6-3-14-10-15(4-7-21-14)25-8-5-13-11-22-18(20)23-17(13)25/h4-5,7-11,26H,1-2H3,(H2,20,22,23). The molecular weight excluding hydrogens is 344 g/mol. The fourth-order valence-corrected chi connectivity index (χ4v) is 2.62. The molecule has 0 saturated heterocycles. The number of pyridine rings is 1. The Labute approximate surface area is 154 Å². The van der Waals surface area contributed by atoms with Crippen molar-refractivity contribution in [3.8, 4) is 17.5 Å². The van der Waals surface area contributed by atoms with Gasteiger partial charge in [-0.25, -0.2) is 9.97 Å². The summed E-state index contributed by atoms with van der Waals surface area (Å²) in [5.74, 6) is 6.49. The monoisotopic (exact) mass is 360 g/mol. The third-order valence-electron chi connectivity index (χ3n) is 4.03. The van der Waals surface area contributed by atoms with Crippen LogP contribution in [0.1, 0.15) is 24.1 Å². The summed E-state index contributed by atoms with van der Waals surface area (Å²) in [4.78, 5) is 12.5. The fraction of sp³-hybridized carbons (Fsp3) is 0.158. The summed E-state index contributed by atoms with van der Waals surface area (Å²) in [6.07, 6.45) is 5.19. The molecule has 0 aromatic carbocycles. The van der Waals surface area contributed by atoms with E-state index in [1.165, 1.54) is 0 Å². The SMILES string of the molecule is Cc1cc(C(C)(O)C#Cc2cc(-n3ccc4cnc(N)nc43)ccn2)no1. The molecule has 8 heteroatoms. The number of nitrogen functional groups attached to an aromatic ring is 1. The largest absolute Gasteiger partial charge is 0.372 e. The van der Waals surface area contributed by atoms with Crippen molar-refractivity contribution in [1.82, 2.24) is 24.7 Å². The van der Waals surface area contributed by atoms with E-state index in [1.807, 2.05) is 22.9 Å². The number of nitrogens with zero attached hydrogens (tertiary/aromatic N) is 5. The molecule has 0 aliphatic heterocycles. The van der Waals surface area contributed by atoms with E-state index in [9.17, 15) is 5.11 Å². The zero-order chi connectivity index (χ0) is 19.0. The van der Waals surface area contributed by atoms with Crippen LogP contribution in [0, 0.1) is 18.8 Å². The van der Waals surface area contributed by atoms with Gasteiger partial charge in [-0.15, -0.1) is 0 Å². The number of hydrogen-bond acceptors (Lipinski definition) is 7. The van der Waals surface area contributed by atoms with E-state index in [-0.39, 0.29) is 5.95 Å². The molecule has 0 fully saturated rings. The zero-order valence-electron chi connectivity index (χ0n) is 14.7. The number of aryl methyl sites for hydroxylation is 1. The molecule has 4 heterocycles. The third kappa shape index (κ3) is 3.23. The maximum absolute atomic E-state index is 10.5. The summed E-state index contributed by atoms with van der Waals surface area (Å²) in [5, 5.41) is 15.2. The Hall–Kier alpha value is -3.70. The molecule has 0 amide bonds. The van der Waals surface area contributed by atoms with Crippen molar-refractivity contribution in [3.05, 3.63) is 60.0 Å². The summed E-state index contributed by atoms with van der Waals surface area (Å²) in [5.41, 5.74) is 6.62. The van der Waals surface area contributed by atoms with Crippen LogP contribution in [0.5, 0.6) is 0 Å². The van der Waals surface area contributed by atoms with Crippen LogP contribution in [0.4, 0.5) is 5.95 Å². The molecule has 0 aliphatic rings. The van der Waals surface area contributed by atoms with Crippen LogP contribution >= 0.6 is 0 Å². The molecule has 1 atom stereocenters. The molecule has 3 N–H and O–H groups in total. The molecule has 0 radical (unpaired) electrons. The van der Waals surface area contributed by atoms with Crippen LogP contribution in [0.15, 0.2) is 47.4 Å². The Morgan fingerprint density at radius 2 is 2.11 bits per heavy atom. The summed E-state index contributed by atoms with van der Waals surface area (Å²) in [6.45, 7) is 3.31. The van der Waals surface area contributed by atoms with Crippen molar-refractivity contribution in [1.29, 1.82) is 0 Å². The average molecular weight is 360 g/mol. The van der Waals surface area contributed by atoms with Gasteiger partial charge in [-0.3, -0.25) is 0 Å². The van der Waals surface area contributed by atoms with E-state index >= 15 is 0 Å². The summed E-state index contributed by atoms with van der Waals surface area (Å²) in [6, 6.07) is 7.18. The van der Waals surface area contributed by atoms with Gasteiger partial charge in [-0.05, 0) is 38.0 Å². The van der Waals surface area contributed by atoms with Gasteiger partial charge < -0.3 is 19.9 Å². The molecule has 0 bridgehead atoms. The van der Waals surface area contributed by atoms with Gasteiger partial charge in [0, 0.05) is 30.0 Å². The van der Waals surface area contributed by atoms with Gasteiger partial charge >= 0.3 is 0 Å². The molecule has 0 spiro atoms. The van der Waals surface area contributed by atoms with Crippen molar-refractivity contribution in [3.63, 3.8) is 0 Å². The minimum Gasteiger partial charge on any atom is -0.372 e. The first-order valence-electron chi connectivity index (χ1n) is 8.18. The van der Waals surface area contributed by atoms with Gasteiger partial charge in [0.05, 0.1) is 5.69 Å². The predicted molar refractivity (Wildman–Crippen MR) is 98.8 cm³/mol. The Kier molecular flexibility index (Phi) is 3.86. The van der Waals surface area contributed by atoms with Gasteiger partial charge in [0.15, 0.2) is 5.60 Å².